The van der Waals surface area contributed by atoms with Gasteiger partial charge < -0.3 is 14.5 Å². The van der Waals surface area contributed by atoms with Gasteiger partial charge in [-0.3, -0.25) is 4.57 Å². The van der Waals surface area contributed by atoms with E-state index in [1.165, 1.54) is 61.4 Å². The molecule has 9 rings (SSSR count). The molecule has 372 valence electrons. The lowest BCUT2D eigenvalue weighted by Gasteiger charge is -2.35. The summed E-state index contributed by atoms with van der Waals surface area (Å²) in [5, 5.41) is 2.33. The van der Waals surface area contributed by atoms with Gasteiger partial charge in [0, 0.05) is 68.1 Å². The second kappa shape index (κ2) is 17.9. The molecular weight excluding hydrogens is 877 g/mol. The van der Waals surface area contributed by atoms with Crippen LogP contribution in [0.3, 0.4) is 0 Å². The minimum absolute atomic E-state index is 0.0400. The summed E-state index contributed by atoms with van der Waals surface area (Å²) < 4.78 is 9.48. The van der Waals surface area contributed by atoms with E-state index in [2.05, 4.69) is 278 Å². The van der Waals surface area contributed by atoms with Crippen molar-refractivity contribution in [3.63, 3.8) is 0 Å². The monoisotopic (exact) mass is 955 g/mol. The maximum atomic E-state index is 7.17. The van der Waals surface area contributed by atoms with Crippen molar-refractivity contribution in [3.8, 4) is 28.4 Å². The Kier molecular flexibility index (Phi) is 12.5. The van der Waals surface area contributed by atoms with Crippen molar-refractivity contribution in [2.45, 2.75) is 139 Å². The van der Waals surface area contributed by atoms with E-state index in [4.69, 9.17) is 9.72 Å². The Morgan fingerprint density at radius 1 is 0.389 bits per heavy atom. The van der Waals surface area contributed by atoms with Crippen molar-refractivity contribution >= 4 is 33.2 Å². The highest BCUT2D eigenvalue weighted by atomic mass is 16.5. The van der Waals surface area contributed by atoms with Crippen LogP contribution in [0.4, 0.5) is 11.4 Å². The Morgan fingerprint density at radius 2 is 0.944 bits per heavy atom. The van der Waals surface area contributed by atoms with Crippen LogP contribution in [0.5, 0.6) is 11.5 Å². The smallest absolute Gasteiger partial charge is 0.137 e. The number of hydrogen-bond donors (Lipinski definition) is 0. The molecule has 0 bridgehead atoms. The summed E-state index contributed by atoms with van der Waals surface area (Å²) in [6.45, 7) is 40.3. The van der Waals surface area contributed by atoms with Crippen LogP contribution in [0.1, 0.15) is 146 Å². The topological polar surface area (TPSA) is 33.5 Å². The molecule has 0 amide bonds. The maximum absolute atomic E-state index is 7.17. The van der Waals surface area contributed by atoms with Crippen LogP contribution in [-0.2, 0) is 21.7 Å². The average molecular weight is 955 g/mol. The molecule has 8 aromatic rings. The number of nitrogens with zero attached hydrogens (tertiary/aromatic N) is 4. The SMILES string of the molecule is CC(C)(C)C1=C(C(C)(C)C)N(c2cc(C(C)(C)C)cc(C(C)(C)c3ccccc3)c2)CN1c1cc(Oc2ccc3c4cc(-c5ccccc5)ccc4n(-c4cc(C(C)(C)C)ccn4)c3c2)cc(C(C)(C)C)c1. The molecular formula is C67H78N4O. The predicted octanol–water partition coefficient (Wildman–Crippen LogP) is 18.4. The molecule has 0 radical (unpaired) electrons. The molecule has 0 fully saturated rings. The Bertz CT molecular complexity index is 3340. The van der Waals surface area contributed by atoms with Crippen molar-refractivity contribution in [2.75, 3.05) is 16.5 Å². The number of allylic oxidation sites excluding steroid dienone is 2. The molecule has 6 aromatic carbocycles. The first-order chi connectivity index (χ1) is 33.6. The van der Waals surface area contributed by atoms with E-state index < -0.39 is 0 Å². The number of hydrogen-bond acceptors (Lipinski definition) is 4. The van der Waals surface area contributed by atoms with Crippen molar-refractivity contribution in [1.82, 2.24) is 9.55 Å². The maximum Gasteiger partial charge on any atom is 0.137 e. The van der Waals surface area contributed by atoms with Crippen molar-refractivity contribution in [3.05, 3.63) is 191 Å². The second-order valence-corrected chi connectivity index (χ2v) is 26.0. The summed E-state index contributed by atoms with van der Waals surface area (Å²) >= 11 is 0. The van der Waals surface area contributed by atoms with Gasteiger partial charge in [0.2, 0.25) is 0 Å². The standard InChI is InChI=1S/C67H78N4O/c1-62(2,3)47-32-33-68-59(40-47)71-57-31-28-45(44-24-20-18-21-25-44)34-56(57)55-30-29-53(42-58(55)71)72-54-39-49(64(7,8)9)37-52(41-54)70-43-69(60(65(10,11)12)61(70)66(13,14)15)51-36-48(63(4,5)6)35-50(38-51)67(16,17)46-26-22-19-23-27-46/h18-42H,43H2,1-17H3. The fourth-order valence-electron chi connectivity index (χ4n) is 10.6. The van der Waals surface area contributed by atoms with E-state index >= 15 is 0 Å². The quantitative estimate of drug-likeness (QED) is 0.152. The van der Waals surface area contributed by atoms with Gasteiger partial charge in [0.25, 0.3) is 0 Å². The van der Waals surface area contributed by atoms with Gasteiger partial charge in [0.1, 0.15) is 17.3 Å². The summed E-state index contributed by atoms with van der Waals surface area (Å²) in [5.41, 5.74) is 15.1. The fraction of sp³-hybridized carbons (Fsp3) is 0.358. The lowest BCUT2D eigenvalue weighted by atomic mass is 9.75. The zero-order chi connectivity index (χ0) is 51.9. The Labute approximate surface area is 431 Å². The molecule has 1 aliphatic rings. The van der Waals surface area contributed by atoms with Crippen LogP contribution in [0.2, 0.25) is 0 Å². The van der Waals surface area contributed by atoms with E-state index in [0.717, 1.165) is 39.4 Å². The summed E-state index contributed by atoms with van der Waals surface area (Å²) in [7, 11) is 0. The first kappa shape index (κ1) is 50.4. The van der Waals surface area contributed by atoms with Crippen LogP contribution in [0.15, 0.2) is 163 Å². The molecule has 0 spiro atoms. The number of benzene rings is 6. The summed E-state index contributed by atoms with van der Waals surface area (Å²) in [6, 6.07) is 53.6. The Hall–Kier alpha value is -6.59. The highest BCUT2D eigenvalue weighted by Gasteiger charge is 2.43. The molecule has 0 atom stereocenters. The van der Waals surface area contributed by atoms with E-state index in [0.29, 0.717) is 6.67 Å². The van der Waals surface area contributed by atoms with E-state index in [-0.39, 0.29) is 32.5 Å². The minimum atomic E-state index is -0.210. The molecule has 5 nitrogen and oxygen atoms in total. The number of rotatable bonds is 8. The zero-order valence-corrected chi connectivity index (χ0v) is 46.3. The third-order valence-electron chi connectivity index (χ3n) is 14.8. The third kappa shape index (κ3) is 9.72. The zero-order valence-electron chi connectivity index (χ0n) is 46.3. The van der Waals surface area contributed by atoms with Crippen molar-refractivity contribution in [2.24, 2.45) is 10.8 Å². The van der Waals surface area contributed by atoms with E-state index in [9.17, 15) is 0 Å². The summed E-state index contributed by atoms with van der Waals surface area (Å²) in [4.78, 5) is 10.2. The van der Waals surface area contributed by atoms with Crippen LogP contribution in [0, 0.1) is 10.8 Å². The predicted molar refractivity (Wildman–Crippen MR) is 307 cm³/mol. The Morgan fingerprint density at radius 3 is 1.53 bits per heavy atom. The van der Waals surface area contributed by atoms with Crippen LogP contribution < -0.4 is 14.5 Å². The van der Waals surface area contributed by atoms with E-state index in [1.807, 2.05) is 6.20 Å². The highest BCUT2D eigenvalue weighted by molar-refractivity contribution is 6.10. The Balaban J connectivity index is 1.19. The molecule has 0 saturated heterocycles. The molecule has 0 N–H and O–H groups in total. The van der Waals surface area contributed by atoms with Gasteiger partial charge in [-0.25, -0.2) is 4.98 Å². The van der Waals surface area contributed by atoms with Crippen molar-refractivity contribution in [1.29, 1.82) is 0 Å². The fourth-order valence-corrected chi connectivity index (χ4v) is 10.6. The largest absolute Gasteiger partial charge is 0.457 e. The number of pyridine rings is 1. The molecule has 1 aliphatic heterocycles. The molecule has 5 heteroatoms. The molecule has 0 saturated carbocycles. The van der Waals surface area contributed by atoms with Gasteiger partial charge in [-0.2, -0.15) is 0 Å². The highest BCUT2D eigenvalue weighted by Crippen LogP contribution is 2.50. The molecule has 3 heterocycles. The third-order valence-corrected chi connectivity index (χ3v) is 14.8. The van der Waals surface area contributed by atoms with Gasteiger partial charge in [-0.15, -0.1) is 0 Å². The van der Waals surface area contributed by atoms with Gasteiger partial charge in [-0.05, 0) is 116 Å². The molecule has 0 unspecified atom stereocenters. The number of fused-ring (bicyclic) bond motifs is 3. The first-order valence-electron chi connectivity index (χ1n) is 26.0. The number of anilines is 2. The minimum Gasteiger partial charge on any atom is -0.457 e. The van der Waals surface area contributed by atoms with Gasteiger partial charge in [0.05, 0.1) is 17.7 Å². The molecule has 0 aliphatic carbocycles. The van der Waals surface area contributed by atoms with E-state index in [1.54, 1.807) is 0 Å². The lowest BCUT2D eigenvalue weighted by Crippen LogP contribution is -2.32. The molecule has 2 aromatic heterocycles. The number of ether oxygens (including phenoxy) is 1. The first-order valence-corrected chi connectivity index (χ1v) is 26.0. The van der Waals surface area contributed by atoms with Crippen LogP contribution in [0.25, 0.3) is 38.8 Å². The summed E-state index contributed by atoms with van der Waals surface area (Å²) in [6.07, 6.45) is 1.95. The molecule has 72 heavy (non-hydrogen) atoms. The second-order valence-electron chi connectivity index (χ2n) is 26.0. The lowest BCUT2D eigenvalue weighted by molar-refractivity contribution is 0.444. The van der Waals surface area contributed by atoms with Gasteiger partial charge in [-0.1, -0.05) is 190 Å². The van der Waals surface area contributed by atoms with Crippen LogP contribution >= 0.6 is 0 Å². The average Bonchev–Trinajstić information content (AvgIpc) is 3.89. The normalized spacial score (nSPS) is 14.3. The van der Waals surface area contributed by atoms with Crippen molar-refractivity contribution < 1.29 is 4.74 Å². The van der Waals surface area contributed by atoms with Gasteiger partial charge >= 0.3 is 0 Å². The van der Waals surface area contributed by atoms with Gasteiger partial charge in [0.15, 0.2) is 0 Å². The van der Waals surface area contributed by atoms with Crippen LogP contribution in [-0.4, -0.2) is 16.2 Å². The summed E-state index contributed by atoms with van der Waals surface area (Å²) in [5.74, 6) is 2.48. The number of aromatic nitrogens is 2.